The first-order valence-corrected chi connectivity index (χ1v) is 7.67. The molecule has 0 aliphatic rings. The number of hydrogen-bond acceptors (Lipinski definition) is 3. The highest BCUT2D eigenvalue weighted by atomic mass is 19.4. The number of nitrogens with one attached hydrogen (secondary N) is 2. The summed E-state index contributed by atoms with van der Waals surface area (Å²) in [4.78, 5) is 23.1. The van der Waals surface area contributed by atoms with E-state index in [0.717, 1.165) is 12.1 Å². The van der Waals surface area contributed by atoms with Crippen LogP contribution in [0.15, 0.2) is 48.5 Å². The maximum absolute atomic E-state index is 12.5. The molecule has 138 valence electrons. The highest BCUT2D eigenvalue weighted by Gasteiger charge is 2.30. The van der Waals surface area contributed by atoms with E-state index in [1.54, 1.807) is 24.3 Å². The average molecular weight is 366 g/mol. The van der Waals surface area contributed by atoms with Crippen molar-refractivity contribution in [2.75, 3.05) is 10.6 Å². The smallest absolute Gasteiger partial charge is 0.416 e. The lowest BCUT2D eigenvalue weighted by atomic mass is 10.2. The van der Waals surface area contributed by atoms with Gasteiger partial charge in [0.05, 0.1) is 5.56 Å². The summed E-state index contributed by atoms with van der Waals surface area (Å²) in [5, 5.41) is 5.09. The Morgan fingerprint density at radius 2 is 1.42 bits per heavy atom. The fourth-order valence-electron chi connectivity index (χ4n) is 2.06. The van der Waals surface area contributed by atoms with Crippen LogP contribution in [0.3, 0.4) is 0 Å². The third kappa shape index (κ3) is 5.51. The van der Waals surface area contributed by atoms with Crippen molar-refractivity contribution >= 4 is 23.2 Å². The van der Waals surface area contributed by atoms with Gasteiger partial charge in [-0.25, -0.2) is 0 Å². The summed E-state index contributed by atoms with van der Waals surface area (Å²) in [5.74, 6) is -0.298. The third-order valence-corrected chi connectivity index (χ3v) is 3.34. The Labute approximate surface area is 148 Å². The van der Waals surface area contributed by atoms with Gasteiger partial charge in [0.1, 0.15) is 5.75 Å². The standard InChI is InChI=1S/C18H17F3N2O3/c1-11(26-16-9-7-14(8-10-16)22-12(2)24)17(25)23-15-5-3-13(4-6-15)18(19,20)21/h3-11H,1-2H3,(H,22,24)(H,23,25). The van der Waals surface area contributed by atoms with Crippen molar-refractivity contribution in [2.24, 2.45) is 0 Å². The van der Waals surface area contributed by atoms with E-state index >= 15 is 0 Å². The Balaban J connectivity index is 1.94. The predicted molar refractivity (Wildman–Crippen MR) is 90.9 cm³/mol. The number of alkyl halides is 3. The van der Waals surface area contributed by atoms with Crippen molar-refractivity contribution in [1.29, 1.82) is 0 Å². The van der Waals surface area contributed by atoms with Crippen molar-refractivity contribution in [3.8, 4) is 5.75 Å². The number of benzene rings is 2. The molecule has 2 amide bonds. The van der Waals surface area contributed by atoms with Crippen LogP contribution in [-0.2, 0) is 15.8 Å². The molecule has 5 nitrogen and oxygen atoms in total. The van der Waals surface area contributed by atoms with Crippen LogP contribution in [0.4, 0.5) is 24.5 Å². The zero-order chi connectivity index (χ0) is 19.3. The monoisotopic (exact) mass is 366 g/mol. The molecule has 0 saturated heterocycles. The van der Waals surface area contributed by atoms with E-state index in [9.17, 15) is 22.8 Å². The SMILES string of the molecule is CC(=O)Nc1ccc(OC(C)C(=O)Nc2ccc(C(F)(F)F)cc2)cc1. The Kier molecular flexibility index (Phi) is 5.86. The number of amides is 2. The molecule has 0 heterocycles. The highest BCUT2D eigenvalue weighted by molar-refractivity contribution is 5.94. The molecule has 26 heavy (non-hydrogen) atoms. The fraction of sp³-hybridized carbons (Fsp3) is 0.222. The molecular formula is C18H17F3N2O3. The highest BCUT2D eigenvalue weighted by Crippen LogP contribution is 2.29. The summed E-state index contributed by atoms with van der Waals surface area (Å²) in [6.45, 7) is 2.90. The summed E-state index contributed by atoms with van der Waals surface area (Å²) < 4.78 is 43.0. The van der Waals surface area contributed by atoms with Crippen LogP contribution in [0.2, 0.25) is 0 Å². The van der Waals surface area contributed by atoms with Gasteiger partial charge in [0.15, 0.2) is 6.10 Å². The van der Waals surface area contributed by atoms with Gasteiger partial charge in [-0.2, -0.15) is 13.2 Å². The number of anilines is 2. The van der Waals surface area contributed by atoms with Crippen LogP contribution in [0.1, 0.15) is 19.4 Å². The van der Waals surface area contributed by atoms with Gasteiger partial charge >= 0.3 is 6.18 Å². The maximum atomic E-state index is 12.5. The van der Waals surface area contributed by atoms with Crippen LogP contribution < -0.4 is 15.4 Å². The lowest BCUT2D eigenvalue weighted by molar-refractivity contribution is -0.137. The molecule has 0 aromatic heterocycles. The molecule has 0 spiro atoms. The number of carbonyl (C=O) groups is 2. The number of ether oxygens (including phenoxy) is 1. The number of carbonyl (C=O) groups excluding carboxylic acids is 2. The zero-order valence-corrected chi connectivity index (χ0v) is 14.1. The zero-order valence-electron chi connectivity index (χ0n) is 14.1. The normalized spacial score (nSPS) is 12.2. The van der Waals surface area contributed by atoms with E-state index in [1.807, 2.05) is 0 Å². The summed E-state index contributed by atoms with van der Waals surface area (Å²) >= 11 is 0. The molecular weight excluding hydrogens is 349 g/mol. The van der Waals surface area contributed by atoms with E-state index in [1.165, 1.54) is 26.0 Å². The molecule has 0 radical (unpaired) electrons. The van der Waals surface area contributed by atoms with Gasteiger partial charge in [-0.1, -0.05) is 0 Å². The molecule has 0 fully saturated rings. The fourth-order valence-corrected chi connectivity index (χ4v) is 2.06. The first-order valence-electron chi connectivity index (χ1n) is 7.67. The first-order chi connectivity index (χ1) is 12.1. The van der Waals surface area contributed by atoms with E-state index in [0.29, 0.717) is 11.4 Å². The average Bonchev–Trinajstić information content (AvgIpc) is 2.55. The second kappa shape index (κ2) is 7.90. The number of rotatable bonds is 5. The molecule has 1 atom stereocenters. The molecule has 0 aliphatic heterocycles. The minimum Gasteiger partial charge on any atom is -0.481 e. The minimum atomic E-state index is -4.43. The molecule has 2 aromatic carbocycles. The Morgan fingerprint density at radius 3 is 1.92 bits per heavy atom. The number of hydrogen-bond donors (Lipinski definition) is 2. The van der Waals surface area contributed by atoms with Crippen molar-refractivity contribution in [1.82, 2.24) is 0 Å². The molecule has 1 unspecified atom stereocenters. The Morgan fingerprint density at radius 1 is 0.923 bits per heavy atom. The van der Waals surface area contributed by atoms with Crippen molar-refractivity contribution in [2.45, 2.75) is 26.1 Å². The minimum absolute atomic E-state index is 0.206. The number of halogens is 3. The van der Waals surface area contributed by atoms with Crippen LogP contribution in [0.5, 0.6) is 5.75 Å². The summed E-state index contributed by atoms with van der Waals surface area (Å²) in [6, 6.07) is 10.6. The third-order valence-electron chi connectivity index (χ3n) is 3.34. The molecule has 2 rings (SSSR count). The largest absolute Gasteiger partial charge is 0.481 e. The quantitative estimate of drug-likeness (QED) is 0.838. The van der Waals surface area contributed by atoms with Gasteiger partial charge in [0, 0.05) is 18.3 Å². The van der Waals surface area contributed by atoms with Crippen LogP contribution in [-0.4, -0.2) is 17.9 Å². The molecule has 0 aliphatic carbocycles. The van der Waals surface area contributed by atoms with E-state index in [2.05, 4.69) is 10.6 Å². The van der Waals surface area contributed by atoms with Gasteiger partial charge < -0.3 is 15.4 Å². The van der Waals surface area contributed by atoms with Gasteiger partial charge in [-0.05, 0) is 55.5 Å². The van der Waals surface area contributed by atoms with Gasteiger partial charge in [0.2, 0.25) is 5.91 Å². The van der Waals surface area contributed by atoms with Crippen LogP contribution in [0.25, 0.3) is 0 Å². The summed E-state index contributed by atoms with van der Waals surface area (Å²) in [5.41, 5.74) is 0.0326. The van der Waals surface area contributed by atoms with Crippen molar-refractivity contribution in [3.63, 3.8) is 0 Å². The maximum Gasteiger partial charge on any atom is 0.416 e. The second-order valence-electron chi connectivity index (χ2n) is 5.53. The topological polar surface area (TPSA) is 67.4 Å². The van der Waals surface area contributed by atoms with Crippen molar-refractivity contribution in [3.05, 3.63) is 54.1 Å². The van der Waals surface area contributed by atoms with E-state index in [-0.39, 0.29) is 11.6 Å². The van der Waals surface area contributed by atoms with Gasteiger partial charge in [-0.15, -0.1) is 0 Å². The van der Waals surface area contributed by atoms with E-state index in [4.69, 9.17) is 4.74 Å². The van der Waals surface area contributed by atoms with Crippen molar-refractivity contribution < 1.29 is 27.5 Å². The Bertz CT molecular complexity index is 772. The van der Waals surface area contributed by atoms with Gasteiger partial charge in [0.25, 0.3) is 5.91 Å². The Hall–Kier alpha value is -3.03. The van der Waals surface area contributed by atoms with Crippen LogP contribution in [0, 0.1) is 0 Å². The molecule has 2 aromatic rings. The summed E-state index contributed by atoms with van der Waals surface area (Å²) in [7, 11) is 0. The summed E-state index contributed by atoms with van der Waals surface area (Å²) in [6.07, 6.45) is -5.30. The van der Waals surface area contributed by atoms with Crippen LogP contribution >= 0.6 is 0 Å². The lowest BCUT2D eigenvalue weighted by Gasteiger charge is -2.15. The van der Waals surface area contributed by atoms with E-state index < -0.39 is 23.8 Å². The second-order valence-corrected chi connectivity index (χ2v) is 5.53. The van der Waals surface area contributed by atoms with Gasteiger partial charge in [-0.3, -0.25) is 9.59 Å². The molecule has 8 heteroatoms. The molecule has 2 N–H and O–H groups in total. The first kappa shape index (κ1) is 19.3. The molecule has 0 saturated carbocycles. The molecule has 0 bridgehead atoms. The lowest BCUT2D eigenvalue weighted by Crippen LogP contribution is -2.30. The predicted octanol–water partition coefficient (Wildman–Crippen LogP) is 4.07.